The molecule has 0 radical (unpaired) electrons. The SMILES string of the molecule is CCNC(=O)N1Cc2ccccc2C[C@H]1C(=O)O. The molecule has 2 N–H and O–H groups in total. The number of nitrogens with one attached hydrogen (secondary N) is 1. The van der Waals surface area contributed by atoms with Crippen LogP contribution in [0.4, 0.5) is 4.79 Å². The second-order valence-electron chi connectivity index (χ2n) is 4.29. The zero-order chi connectivity index (χ0) is 13.1. The van der Waals surface area contributed by atoms with Crippen LogP contribution < -0.4 is 5.32 Å². The number of benzene rings is 1. The Balaban J connectivity index is 2.28. The molecule has 0 saturated heterocycles. The molecule has 96 valence electrons. The molecule has 1 atom stereocenters. The smallest absolute Gasteiger partial charge is 0.326 e. The molecule has 2 rings (SSSR count). The van der Waals surface area contributed by atoms with E-state index in [9.17, 15) is 14.7 Å². The van der Waals surface area contributed by atoms with Gasteiger partial charge in [0.15, 0.2) is 0 Å². The van der Waals surface area contributed by atoms with E-state index < -0.39 is 12.0 Å². The Kier molecular flexibility index (Phi) is 3.50. The number of rotatable bonds is 2. The number of hydrogen-bond acceptors (Lipinski definition) is 2. The van der Waals surface area contributed by atoms with Crippen molar-refractivity contribution < 1.29 is 14.7 Å². The molecule has 5 heteroatoms. The standard InChI is InChI=1S/C13H16N2O3/c1-2-14-13(18)15-8-10-6-4-3-5-9(10)7-11(15)12(16)17/h3-6,11H,2,7-8H2,1H3,(H,14,18)(H,16,17)/t11-/m0/s1. The molecule has 0 unspecified atom stereocenters. The predicted octanol–water partition coefficient (Wildman–Crippen LogP) is 1.23. The van der Waals surface area contributed by atoms with Crippen LogP contribution in [-0.2, 0) is 17.8 Å². The van der Waals surface area contributed by atoms with Crippen LogP contribution in [0.3, 0.4) is 0 Å². The van der Waals surface area contributed by atoms with Gasteiger partial charge in [-0.2, -0.15) is 0 Å². The lowest BCUT2D eigenvalue weighted by Crippen LogP contribution is -2.52. The summed E-state index contributed by atoms with van der Waals surface area (Å²) in [6.45, 7) is 2.65. The summed E-state index contributed by atoms with van der Waals surface area (Å²) >= 11 is 0. The fourth-order valence-electron chi connectivity index (χ4n) is 2.21. The van der Waals surface area contributed by atoms with E-state index in [1.807, 2.05) is 31.2 Å². The fraction of sp³-hybridized carbons (Fsp3) is 0.385. The molecular weight excluding hydrogens is 232 g/mol. The summed E-state index contributed by atoms with van der Waals surface area (Å²) in [5.74, 6) is -0.962. The Labute approximate surface area is 105 Å². The Morgan fingerprint density at radius 3 is 2.67 bits per heavy atom. The molecule has 2 amide bonds. The molecular formula is C13H16N2O3. The van der Waals surface area contributed by atoms with Crippen molar-refractivity contribution in [3.63, 3.8) is 0 Å². The molecule has 1 aromatic rings. The summed E-state index contributed by atoms with van der Waals surface area (Å²) in [6.07, 6.45) is 0.364. The predicted molar refractivity (Wildman–Crippen MR) is 66.2 cm³/mol. The van der Waals surface area contributed by atoms with Crippen LogP contribution in [0.1, 0.15) is 18.1 Å². The van der Waals surface area contributed by atoms with Gasteiger partial charge >= 0.3 is 12.0 Å². The van der Waals surface area contributed by atoms with Crippen molar-refractivity contribution in [2.24, 2.45) is 0 Å². The first-order chi connectivity index (χ1) is 8.63. The summed E-state index contributed by atoms with van der Waals surface area (Å²) in [6, 6.07) is 6.53. The van der Waals surface area contributed by atoms with E-state index in [0.717, 1.165) is 11.1 Å². The number of fused-ring (bicyclic) bond motifs is 1. The molecule has 18 heavy (non-hydrogen) atoms. The van der Waals surface area contributed by atoms with E-state index in [2.05, 4.69) is 5.32 Å². The number of nitrogens with zero attached hydrogens (tertiary/aromatic N) is 1. The Morgan fingerprint density at radius 1 is 1.39 bits per heavy atom. The molecule has 0 saturated carbocycles. The van der Waals surface area contributed by atoms with Crippen molar-refractivity contribution in [1.29, 1.82) is 0 Å². The van der Waals surface area contributed by atoms with Crippen molar-refractivity contribution in [1.82, 2.24) is 10.2 Å². The zero-order valence-corrected chi connectivity index (χ0v) is 10.2. The zero-order valence-electron chi connectivity index (χ0n) is 10.2. The first-order valence-corrected chi connectivity index (χ1v) is 5.97. The highest BCUT2D eigenvalue weighted by Gasteiger charge is 2.34. The third-order valence-electron chi connectivity index (χ3n) is 3.12. The number of hydrogen-bond donors (Lipinski definition) is 2. The van der Waals surface area contributed by atoms with Gasteiger partial charge in [-0.3, -0.25) is 0 Å². The maximum Gasteiger partial charge on any atom is 0.326 e. The Bertz CT molecular complexity index is 473. The average Bonchev–Trinajstić information content (AvgIpc) is 2.37. The second-order valence-corrected chi connectivity index (χ2v) is 4.29. The van der Waals surface area contributed by atoms with Gasteiger partial charge in [-0.1, -0.05) is 24.3 Å². The van der Waals surface area contributed by atoms with Crippen molar-refractivity contribution in [3.8, 4) is 0 Å². The van der Waals surface area contributed by atoms with E-state index in [1.165, 1.54) is 4.90 Å². The number of aliphatic carboxylic acids is 1. The van der Waals surface area contributed by atoms with Gasteiger partial charge in [0.25, 0.3) is 0 Å². The lowest BCUT2D eigenvalue weighted by molar-refractivity contribution is -0.142. The van der Waals surface area contributed by atoms with E-state index in [1.54, 1.807) is 0 Å². The van der Waals surface area contributed by atoms with E-state index in [4.69, 9.17) is 0 Å². The van der Waals surface area contributed by atoms with Crippen LogP contribution in [0.25, 0.3) is 0 Å². The van der Waals surface area contributed by atoms with E-state index in [0.29, 0.717) is 19.5 Å². The number of urea groups is 1. The van der Waals surface area contributed by atoms with Crippen LogP contribution in [-0.4, -0.2) is 34.6 Å². The minimum Gasteiger partial charge on any atom is -0.480 e. The van der Waals surface area contributed by atoms with Gasteiger partial charge in [-0.15, -0.1) is 0 Å². The Morgan fingerprint density at radius 2 is 2.06 bits per heavy atom. The van der Waals surface area contributed by atoms with Crippen LogP contribution in [0.5, 0.6) is 0 Å². The summed E-state index contributed by atoms with van der Waals surface area (Å²) in [4.78, 5) is 24.5. The molecule has 0 aliphatic carbocycles. The highest BCUT2D eigenvalue weighted by atomic mass is 16.4. The molecule has 0 bridgehead atoms. The molecule has 1 aliphatic rings. The highest BCUT2D eigenvalue weighted by Crippen LogP contribution is 2.23. The maximum absolute atomic E-state index is 11.9. The summed E-state index contributed by atoms with van der Waals surface area (Å²) < 4.78 is 0. The molecule has 0 fully saturated rings. The topological polar surface area (TPSA) is 69.6 Å². The number of carbonyl (C=O) groups excluding carboxylic acids is 1. The first-order valence-electron chi connectivity index (χ1n) is 5.97. The summed E-state index contributed by atoms with van der Waals surface area (Å²) in [5.41, 5.74) is 2.02. The number of amides is 2. The summed E-state index contributed by atoms with van der Waals surface area (Å²) in [7, 11) is 0. The van der Waals surface area contributed by atoms with Gasteiger partial charge in [0.1, 0.15) is 6.04 Å². The fourth-order valence-corrected chi connectivity index (χ4v) is 2.21. The maximum atomic E-state index is 11.9. The van der Waals surface area contributed by atoms with Crippen molar-refractivity contribution in [2.75, 3.05) is 6.54 Å². The van der Waals surface area contributed by atoms with E-state index >= 15 is 0 Å². The molecule has 0 aromatic heterocycles. The molecule has 5 nitrogen and oxygen atoms in total. The van der Waals surface area contributed by atoms with Gasteiger partial charge in [-0.05, 0) is 18.1 Å². The molecule has 1 heterocycles. The van der Waals surface area contributed by atoms with Crippen LogP contribution >= 0.6 is 0 Å². The Hall–Kier alpha value is -2.04. The monoisotopic (exact) mass is 248 g/mol. The van der Waals surface area contributed by atoms with Crippen molar-refractivity contribution in [2.45, 2.75) is 25.9 Å². The number of carbonyl (C=O) groups is 2. The normalized spacial score (nSPS) is 18.1. The second kappa shape index (κ2) is 5.08. The molecule has 1 aliphatic heterocycles. The van der Waals surface area contributed by atoms with Gasteiger partial charge < -0.3 is 15.3 Å². The minimum atomic E-state index is -0.962. The van der Waals surface area contributed by atoms with Crippen molar-refractivity contribution in [3.05, 3.63) is 35.4 Å². The quantitative estimate of drug-likeness (QED) is 0.827. The average molecular weight is 248 g/mol. The van der Waals surface area contributed by atoms with Crippen LogP contribution in [0.15, 0.2) is 24.3 Å². The van der Waals surface area contributed by atoms with E-state index in [-0.39, 0.29) is 6.03 Å². The third kappa shape index (κ3) is 2.30. The third-order valence-corrected chi connectivity index (χ3v) is 3.12. The minimum absolute atomic E-state index is 0.320. The van der Waals surface area contributed by atoms with Crippen LogP contribution in [0.2, 0.25) is 0 Å². The first kappa shape index (κ1) is 12.4. The number of carboxylic acid groups (broad SMARTS) is 1. The van der Waals surface area contributed by atoms with Crippen molar-refractivity contribution >= 4 is 12.0 Å². The lowest BCUT2D eigenvalue weighted by Gasteiger charge is -2.34. The van der Waals surface area contributed by atoms with Crippen LogP contribution in [0, 0.1) is 0 Å². The van der Waals surface area contributed by atoms with Gasteiger partial charge in [0.2, 0.25) is 0 Å². The number of carboxylic acids is 1. The largest absolute Gasteiger partial charge is 0.480 e. The van der Waals surface area contributed by atoms with Gasteiger partial charge in [-0.25, -0.2) is 9.59 Å². The summed E-state index contributed by atoms with van der Waals surface area (Å²) in [5, 5.41) is 11.9. The molecule has 1 aromatic carbocycles. The lowest BCUT2D eigenvalue weighted by atomic mass is 9.94. The highest BCUT2D eigenvalue weighted by molar-refractivity contribution is 5.83. The molecule has 0 spiro atoms. The van der Waals surface area contributed by atoms with Gasteiger partial charge in [0, 0.05) is 19.5 Å². The van der Waals surface area contributed by atoms with Gasteiger partial charge in [0.05, 0.1) is 0 Å².